The number of nitrogens with one attached hydrogen (secondary N) is 1. The third-order valence-electron chi connectivity index (χ3n) is 12.7. The highest BCUT2D eigenvalue weighted by Gasteiger charge is 2.47. The fraction of sp³-hybridized carbons (Fsp3) is 0.789. The molecule has 1 rings (SSSR count). The first-order valence-electron chi connectivity index (χ1n) is 27.6. The molecule has 1 aliphatic rings. The zero-order valence-electron chi connectivity index (χ0n) is 43.2. The van der Waals surface area contributed by atoms with Crippen LogP contribution in [0.4, 0.5) is 0 Å². The second-order valence-electron chi connectivity index (χ2n) is 18.9. The topological polar surface area (TPSA) is 175 Å². The van der Waals surface area contributed by atoms with E-state index >= 15 is 0 Å². The molecule has 0 aromatic rings. The Morgan fingerprint density at radius 3 is 1.62 bits per heavy atom. The van der Waals surface area contributed by atoms with Gasteiger partial charge in [0.25, 0.3) is 0 Å². The van der Waals surface area contributed by atoms with Gasteiger partial charge in [0.2, 0.25) is 5.91 Å². The molecule has 0 radical (unpaired) electrons. The molecule has 1 fully saturated rings. The molecule has 11 heteroatoms. The fourth-order valence-electron chi connectivity index (χ4n) is 8.25. The first-order chi connectivity index (χ1) is 33.2. The molecule has 394 valence electrons. The lowest BCUT2D eigenvalue weighted by Crippen LogP contribution is -2.61. The highest BCUT2D eigenvalue weighted by atomic mass is 16.7. The van der Waals surface area contributed by atoms with E-state index in [0.29, 0.717) is 12.8 Å². The average molecular weight is 960 g/mol. The van der Waals surface area contributed by atoms with Crippen molar-refractivity contribution in [1.29, 1.82) is 0 Å². The van der Waals surface area contributed by atoms with Crippen LogP contribution in [0, 0.1) is 0 Å². The normalized spacial score (nSPS) is 20.4. The van der Waals surface area contributed by atoms with Crippen molar-refractivity contribution in [1.82, 2.24) is 5.32 Å². The Balaban J connectivity index is 2.76. The van der Waals surface area contributed by atoms with E-state index in [9.17, 15) is 35.1 Å². The van der Waals surface area contributed by atoms with Gasteiger partial charge in [-0.15, -0.1) is 0 Å². The van der Waals surface area contributed by atoms with Crippen LogP contribution < -0.4 is 5.32 Å². The summed E-state index contributed by atoms with van der Waals surface area (Å²) in [5.74, 6) is -1.23. The van der Waals surface area contributed by atoms with E-state index < -0.39 is 67.4 Å². The number of carbonyl (C=O) groups excluding carboxylic acids is 2. The predicted molar refractivity (Wildman–Crippen MR) is 278 cm³/mol. The van der Waals surface area contributed by atoms with Crippen molar-refractivity contribution in [2.24, 2.45) is 0 Å². The molecule has 1 saturated heterocycles. The van der Waals surface area contributed by atoms with Gasteiger partial charge in [-0.2, -0.15) is 0 Å². The van der Waals surface area contributed by atoms with Crippen LogP contribution in [-0.2, 0) is 23.8 Å². The third-order valence-corrected chi connectivity index (χ3v) is 12.7. The molecule has 8 unspecified atom stereocenters. The van der Waals surface area contributed by atoms with Gasteiger partial charge in [0.05, 0.1) is 25.4 Å². The van der Waals surface area contributed by atoms with Crippen LogP contribution in [0.3, 0.4) is 0 Å². The first-order valence-corrected chi connectivity index (χ1v) is 27.6. The molecular weight excluding hydrogens is 859 g/mol. The molecule has 11 nitrogen and oxygen atoms in total. The Hall–Kier alpha value is -2.64. The Bertz CT molecular complexity index is 1330. The molecule has 6 N–H and O–H groups in total. The van der Waals surface area contributed by atoms with Gasteiger partial charge in [0.1, 0.15) is 24.4 Å². The number of ether oxygens (including phenoxy) is 3. The van der Waals surface area contributed by atoms with Crippen molar-refractivity contribution >= 4 is 11.9 Å². The van der Waals surface area contributed by atoms with Gasteiger partial charge in [-0.05, 0) is 83.5 Å². The van der Waals surface area contributed by atoms with E-state index in [2.05, 4.69) is 74.7 Å². The summed E-state index contributed by atoms with van der Waals surface area (Å²) >= 11 is 0. The Kier molecular flexibility index (Phi) is 42.4. The van der Waals surface area contributed by atoms with Gasteiger partial charge in [0.15, 0.2) is 12.4 Å². The van der Waals surface area contributed by atoms with Crippen molar-refractivity contribution < 1.29 is 49.3 Å². The minimum Gasteiger partial charge on any atom is -0.454 e. The second-order valence-corrected chi connectivity index (χ2v) is 18.9. The minimum absolute atomic E-state index is 0.114. The summed E-state index contributed by atoms with van der Waals surface area (Å²) in [4.78, 5) is 26.4. The van der Waals surface area contributed by atoms with E-state index in [1.807, 2.05) is 6.08 Å². The van der Waals surface area contributed by atoms with Crippen LogP contribution in [0.5, 0.6) is 0 Å². The third kappa shape index (κ3) is 33.8. The summed E-state index contributed by atoms with van der Waals surface area (Å²) in [5.41, 5.74) is 0. The molecule has 1 aliphatic heterocycles. The summed E-state index contributed by atoms with van der Waals surface area (Å²) in [6, 6.07) is -1.04. The van der Waals surface area contributed by atoms with Crippen molar-refractivity contribution in [2.75, 3.05) is 13.2 Å². The van der Waals surface area contributed by atoms with Crippen molar-refractivity contribution in [3.63, 3.8) is 0 Å². The maximum atomic E-state index is 13.3. The van der Waals surface area contributed by atoms with Crippen LogP contribution in [0.15, 0.2) is 60.8 Å². The summed E-state index contributed by atoms with van der Waals surface area (Å²) in [6.07, 6.45) is 44.1. The number of allylic oxidation sites excluding steroid dienone is 9. The van der Waals surface area contributed by atoms with Crippen LogP contribution in [0.1, 0.15) is 226 Å². The Morgan fingerprint density at radius 1 is 0.588 bits per heavy atom. The van der Waals surface area contributed by atoms with Crippen LogP contribution >= 0.6 is 0 Å². The number of aliphatic hydroxyl groups is 5. The molecule has 0 saturated carbocycles. The zero-order chi connectivity index (χ0) is 49.7. The van der Waals surface area contributed by atoms with E-state index in [4.69, 9.17) is 14.2 Å². The van der Waals surface area contributed by atoms with Gasteiger partial charge >= 0.3 is 5.97 Å². The minimum atomic E-state index is -1.62. The smallest absolute Gasteiger partial charge is 0.306 e. The molecule has 0 aromatic heterocycles. The number of esters is 1. The summed E-state index contributed by atoms with van der Waals surface area (Å²) in [7, 11) is 0. The lowest BCUT2D eigenvalue weighted by molar-refractivity contribution is -0.305. The first kappa shape index (κ1) is 63.4. The van der Waals surface area contributed by atoms with Gasteiger partial charge in [0, 0.05) is 6.42 Å². The average Bonchev–Trinajstić information content (AvgIpc) is 3.33. The number of carbonyl (C=O) groups is 2. The Morgan fingerprint density at radius 2 is 1.06 bits per heavy atom. The highest BCUT2D eigenvalue weighted by molar-refractivity contribution is 5.80. The Labute approximate surface area is 414 Å². The number of aliphatic hydroxyl groups excluding tert-OH is 5. The van der Waals surface area contributed by atoms with Crippen molar-refractivity contribution in [3.05, 3.63) is 60.8 Å². The largest absolute Gasteiger partial charge is 0.454 e. The lowest BCUT2D eigenvalue weighted by atomic mass is 9.99. The fourth-order valence-corrected chi connectivity index (χ4v) is 8.25. The van der Waals surface area contributed by atoms with Gasteiger partial charge in [-0.1, -0.05) is 197 Å². The van der Waals surface area contributed by atoms with E-state index in [-0.39, 0.29) is 19.4 Å². The maximum absolute atomic E-state index is 13.3. The van der Waals surface area contributed by atoms with Gasteiger partial charge < -0.3 is 45.1 Å². The van der Waals surface area contributed by atoms with Crippen molar-refractivity contribution in [2.45, 2.75) is 275 Å². The van der Waals surface area contributed by atoms with E-state index in [0.717, 1.165) is 89.9 Å². The molecule has 0 aromatic carbocycles. The van der Waals surface area contributed by atoms with Gasteiger partial charge in [-0.3, -0.25) is 9.59 Å². The number of hydrogen-bond acceptors (Lipinski definition) is 10. The maximum Gasteiger partial charge on any atom is 0.306 e. The van der Waals surface area contributed by atoms with E-state index in [1.54, 1.807) is 6.08 Å². The standard InChI is InChI=1S/C57H101NO10/c1-4-7-10-13-16-19-22-24-25-27-30-33-36-39-42-45-52(62)68-55-54(64)53(63)51(46-59)67-57(55)66-47-48(49(60)43-40-37-34-31-28-21-18-15-12-9-6-3)58-56(65)50(61)44-41-38-35-32-29-26-23-20-17-14-11-8-5-2/h8,11,17,19-20,22,26,29,40,43,48-51,53-55,57,59-61,63-64H,4-7,9-10,12-16,18,21,23-25,27-28,30-39,41-42,44-47H2,1-3H3,(H,58,65)/b11-8+,20-17+,22-19-,29-26+,43-40+. The lowest BCUT2D eigenvalue weighted by Gasteiger charge is -2.41. The van der Waals surface area contributed by atoms with E-state index in [1.165, 1.54) is 89.9 Å². The highest BCUT2D eigenvalue weighted by Crippen LogP contribution is 2.26. The number of rotatable bonds is 45. The monoisotopic (exact) mass is 960 g/mol. The van der Waals surface area contributed by atoms with Crippen LogP contribution in [0.25, 0.3) is 0 Å². The summed E-state index contributed by atoms with van der Waals surface area (Å²) in [5, 5.41) is 56.6. The number of unbranched alkanes of at least 4 members (excludes halogenated alkanes) is 23. The molecule has 0 spiro atoms. The number of hydrogen-bond donors (Lipinski definition) is 6. The molecular formula is C57H101NO10. The molecule has 1 amide bonds. The second kappa shape index (κ2) is 45.5. The molecule has 8 atom stereocenters. The van der Waals surface area contributed by atoms with Crippen LogP contribution in [-0.4, -0.2) is 99.6 Å². The van der Waals surface area contributed by atoms with Crippen LogP contribution in [0.2, 0.25) is 0 Å². The SMILES string of the molecule is CC/C=C/C/C=C/C/C=C/CCCCCC(O)C(=O)NC(COC1OC(CO)C(O)C(O)C1OC(=O)CCCCCCCCC/C=C\CCCCCC)C(O)/C=C/CCCCCCCCCCC. The zero-order valence-corrected chi connectivity index (χ0v) is 43.2. The molecule has 0 bridgehead atoms. The quantitative estimate of drug-likeness (QED) is 0.0196. The molecule has 68 heavy (non-hydrogen) atoms. The predicted octanol–water partition coefficient (Wildman–Crippen LogP) is 11.9. The summed E-state index contributed by atoms with van der Waals surface area (Å²) in [6.45, 7) is 5.61. The van der Waals surface area contributed by atoms with Gasteiger partial charge in [-0.25, -0.2) is 0 Å². The summed E-state index contributed by atoms with van der Waals surface area (Å²) < 4.78 is 17.5. The number of amides is 1. The molecule has 1 heterocycles. The van der Waals surface area contributed by atoms with Crippen molar-refractivity contribution in [3.8, 4) is 0 Å². The molecule has 0 aliphatic carbocycles.